The van der Waals surface area contributed by atoms with Gasteiger partial charge in [0, 0.05) is 44.3 Å². The molecule has 29 heavy (non-hydrogen) atoms. The minimum absolute atomic E-state index is 0.0531. The predicted octanol–water partition coefficient (Wildman–Crippen LogP) is 1.90. The van der Waals surface area contributed by atoms with E-state index < -0.39 is 11.3 Å². The van der Waals surface area contributed by atoms with E-state index in [-0.39, 0.29) is 17.1 Å². The van der Waals surface area contributed by atoms with Crippen molar-refractivity contribution in [2.24, 2.45) is 0 Å². The van der Waals surface area contributed by atoms with Crippen molar-refractivity contribution in [3.8, 4) is 5.75 Å². The van der Waals surface area contributed by atoms with Crippen molar-refractivity contribution >= 4 is 16.9 Å². The van der Waals surface area contributed by atoms with E-state index in [9.17, 15) is 14.7 Å². The van der Waals surface area contributed by atoms with E-state index in [1.54, 1.807) is 17.8 Å². The summed E-state index contributed by atoms with van der Waals surface area (Å²) in [5.74, 6) is -0.342. The van der Waals surface area contributed by atoms with Crippen LogP contribution in [0.2, 0.25) is 0 Å². The van der Waals surface area contributed by atoms with E-state index in [4.69, 9.17) is 0 Å². The van der Waals surface area contributed by atoms with Crippen molar-refractivity contribution in [3.63, 3.8) is 0 Å². The van der Waals surface area contributed by atoms with Gasteiger partial charge in [-0.2, -0.15) is 4.98 Å². The molecule has 0 atom stereocenters. The Labute approximate surface area is 167 Å². The largest absolute Gasteiger partial charge is 0.501 e. The molecule has 8 heteroatoms. The minimum atomic E-state index is -0.737. The maximum absolute atomic E-state index is 12.6. The van der Waals surface area contributed by atoms with Crippen LogP contribution in [0.1, 0.15) is 42.0 Å². The Hall–Kier alpha value is -3.16. The SMILES string of the molecule is CN1CCn2c(CC3(n4ccc5cccnc54)CCCC3)nc(=O)c(O)c2C1=O. The number of fused-ring (bicyclic) bond motifs is 2. The van der Waals surface area contributed by atoms with Crippen molar-refractivity contribution < 1.29 is 9.90 Å². The Bertz CT molecular complexity index is 1170. The molecule has 0 radical (unpaired) electrons. The first-order chi connectivity index (χ1) is 14.0. The maximum atomic E-state index is 12.6. The highest BCUT2D eigenvalue weighted by atomic mass is 16.3. The normalized spacial score (nSPS) is 18.4. The zero-order chi connectivity index (χ0) is 20.2. The Morgan fingerprint density at radius 2 is 1.97 bits per heavy atom. The molecule has 1 aliphatic carbocycles. The summed E-state index contributed by atoms with van der Waals surface area (Å²) in [5.41, 5.74) is -0.0132. The smallest absolute Gasteiger partial charge is 0.315 e. The number of carbonyl (C=O) groups excluding carboxylic acids is 1. The van der Waals surface area contributed by atoms with Crippen molar-refractivity contribution in [2.75, 3.05) is 13.6 Å². The van der Waals surface area contributed by atoms with Gasteiger partial charge in [-0.1, -0.05) is 12.8 Å². The number of hydrogen-bond donors (Lipinski definition) is 1. The van der Waals surface area contributed by atoms with Crippen LogP contribution in [0.25, 0.3) is 11.0 Å². The van der Waals surface area contributed by atoms with Crippen molar-refractivity contribution in [1.29, 1.82) is 0 Å². The number of pyridine rings is 1. The number of aromatic nitrogens is 4. The second-order valence-corrected chi connectivity index (χ2v) is 8.12. The summed E-state index contributed by atoms with van der Waals surface area (Å²) in [6.07, 6.45) is 8.46. The van der Waals surface area contributed by atoms with E-state index in [1.807, 2.05) is 12.1 Å². The quantitative estimate of drug-likeness (QED) is 0.734. The summed E-state index contributed by atoms with van der Waals surface area (Å²) in [7, 11) is 1.67. The van der Waals surface area contributed by atoms with E-state index in [0.29, 0.717) is 25.3 Å². The zero-order valence-electron chi connectivity index (χ0n) is 16.3. The van der Waals surface area contributed by atoms with Crippen LogP contribution in [0.4, 0.5) is 0 Å². The lowest BCUT2D eigenvalue weighted by Crippen LogP contribution is -2.43. The number of carbonyl (C=O) groups is 1. The van der Waals surface area contributed by atoms with Gasteiger partial charge in [-0.05, 0) is 31.0 Å². The van der Waals surface area contributed by atoms with Gasteiger partial charge in [0.2, 0.25) is 5.75 Å². The summed E-state index contributed by atoms with van der Waals surface area (Å²) in [4.78, 5) is 35.3. The standard InChI is InChI=1S/C21H23N5O3/c1-24-11-12-25-15(23-19(28)17(27)16(25)20(24)29)13-21(7-2-3-8-21)26-10-6-14-5-4-9-22-18(14)26/h4-6,9-10,27H,2-3,7-8,11-13H2,1H3. The van der Waals surface area contributed by atoms with Crippen LogP contribution in [-0.2, 0) is 18.5 Å². The highest BCUT2D eigenvalue weighted by molar-refractivity contribution is 5.95. The van der Waals surface area contributed by atoms with Gasteiger partial charge in [0.25, 0.3) is 5.91 Å². The topological polar surface area (TPSA) is 93.2 Å². The molecule has 3 aromatic heterocycles. The van der Waals surface area contributed by atoms with Gasteiger partial charge in [0.1, 0.15) is 11.5 Å². The van der Waals surface area contributed by atoms with Gasteiger partial charge >= 0.3 is 5.56 Å². The monoisotopic (exact) mass is 393 g/mol. The van der Waals surface area contributed by atoms with Gasteiger partial charge in [0.05, 0.1) is 5.54 Å². The molecule has 1 aliphatic heterocycles. The summed E-state index contributed by atoms with van der Waals surface area (Å²) in [6, 6.07) is 6.03. The van der Waals surface area contributed by atoms with Crippen LogP contribution >= 0.6 is 0 Å². The average Bonchev–Trinajstić information content (AvgIpc) is 3.36. The highest BCUT2D eigenvalue weighted by Crippen LogP contribution is 2.41. The fourth-order valence-electron chi connectivity index (χ4n) is 4.89. The van der Waals surface area contributed by atoms with E-state index >= 15 is 0 Å². The molecule has 1 saturated carbocycles. The van der Waals surface area contributed by atoms with E-state index in [2.05, 4.69) is 26.8 Å². The van der Waals surface area contributed by atoms with Crippen LogP contribution in [-0.4, -0.2) is 48.6 Å². The first kappa shape index (κ1) is 17.9. The maximum Gasteiger partial charge on any atom is 0.315 e. The lowest BCUT2D eigenvalue weighted by atomic mass is 9.91. The molecule has 150 valence electrons. The van der Waals surface area contributed by atoms with E-state index in [1.165, 1.54) is 4.90 Å². The van der Waals surface area contributed by atoms with Crippen LogP contribution < -0.4 is 5.56 Å². The molecule has 5 rings (SSSR count). The molecular weight excluding hydrogens is 370 g/mol. The number of likely N-dealkylation sites (N-methyl/N-ethyl adjacent to an activating group) is 1. The third kappa shape index (κ3) is 2.66. The molecular formula is C21H23N5O3. The second kappa shape index (κ2) is 6.43. The van der Waals surface area contributed by atoms with Crippen LogP contribution in [0.15, 0.2) is 35.4 Å². The average molecular weight is 393 g/mol. The van der Waals surface area contributed by atoms with Crippen LogP contribution in [0, 0.1) is 0 Å². The molecule has 1 amide bonds. The van der Waals surface area contributed by atoms with Crippen molar-refractivity contribution in [1.82, 2.24) is 24.0 Å². The summed E-state index contributed by atoms with van der Waals surface area (Å²) in [6.45, 7) is 1.03. The molecule has 4 heterocycles. The predicted molar refractivity (Wildman–Crippen MR) is 107 cm³/mol. The summed E-state index contributed by atoms with van der Waals surface area (Å²) < 4.78 is 3.95. The minimum Gasteiger partial charge on any atom is -0.501 e. The third-order valence-electron chi connectivity index (χ3n) is 6.43. The molecule has 2 aliphatic rings. The number of amides is 1. The summed E-state index contributed by atoms with van der Waals surface area (Å²) >= 11 is 0. The number of nitrogens with zero attached hydrogens (tertiary/aromatic N) is 5. The molecule has 0 unspecified atom stereocenters. The first-order valence-corrected chi connectivity index (χ1v) is 10.0. The van der Waals surface area contributed by atoms with Crippen LogP contribution in [0.5, 0.6) is 5.75 Å². The number of rotatable bonds is 3. The first-order valence-electron chi connectivity index (χ1n) is 10.0. The van der Waals surface area contributed by atoms with Gasteiger partial charge in [-0.3, -0.25) is 9.59 Å². The molecule has 3 aromatic rings. The zero-order valence-corrected chi connectivity index (χ0v) is 16.3. The number of aromatic hydroxyl groups is 1. The molecule has 0 bridgehead atoms. The molecule has 0 spiro atoms. The van der Waals surface area contributed by atoms with Crippen molar-refractivity contribution in [3.05, 3.63) is 52.5 Å². The Morgan fingerprint density at radius 1 is 1.17 bits per heavy atom. The molecule has 1 fully saturated rings. The van der Waals surface area contributed by atoms with Crippen molar-refractivity contribution in [2.45, 2.75) is 44.2 Å². The lowest BCUT2D eigenvalue weighted by molar-refractivity contribution is 0.0736. The molecule has 1 N–H and O–H groups in total. The van der Waals surface area contributed by atoms with Gasteiger partial charge in [-0.25, -0.2) is 4.98 Å². The Morgan fingerprint density at radius 3 is 2.76 bits per heavy atom. The highest BCUT2D eigenvalue weighted by Gasteiger charge is 2.39. The van der Waals surface area contributed by atoms with Crippen LogP contribution in [0.3, 0.4) is 0 Å². The molecule has 8 nitrogen and oxygen atoms in total. The molecule has 0 saturated heterocycles. The van der Waals surface area contributed by atoms with Gasteiger partial charge in [-0.15, -0.1) is 0 Å². The Kier molecular flexibility index (Phi) is 3.97. The van der Waals surface area contributed by atoms with Gasteiger partial charge < -0.3 is 19.1 Å². The Balaban J connectivity index is 1.66. The fraction of sp³-hybridized carbons (Fsp3) is 0.429. The molecule has 0 aromatic carbocycles. The lowest BCUT2D eigenvalue weighted by Gasteiger charge is -2.34. The summed E-state index contributed by atoms with van der Waals surface area (Å²) in [5, 5.41) is 11.3. The third-order valence-corrected chi connectivity index (χ3v) is 6.43. The fourth-order valence-corrected chi connectivity index (χ4v) is 4.89. The second-order valence-electron chi connectivity index (χ2n) is 8.12. The van der Waals surface area contributed by atoms with E-state index in [0.717, 1.165) is 36.7 Å². The van der Waals surface area contributed by atoms with Gasteiger partial charge in [0.15, 0.2) is 5.69 Å². The number of hydrogen-bond acceptors (Lipinski definition) is 5.